The maximum atomic E-state index is 12.1. The van der Waals surface area contributed by atoms with Crippen molar-refractivity contribution in [2.45, 2.75) is 13.3 Å². The molecule has 0 aliphatic heterocycles. The summed E-state index contributed by atoms with van der Waals surface area (Å²) in [6.07, 6.45) is 1.74. The number of anilines is 1. The van der Waals surface area contributed by atoms with Gasteiger partial charge in [-0.15, -0.1) is 0 Å². The number of halogens is 1. The summed E-state index contributed by atoms with van der Waals surface area (Å²) in [5, 5.41) is 11.6. The second-order valence-electron chi connectivity index (χ2n) is 4.39. The summed E-state index contributed by atoms with van der Waals surface area (Å²) < 4.78 is 4.90. The molecule has 0 aliphatic rings. The van der Waals surface area contributed by atoms with Crippen LogP contribution in [0.5, 0.6) is 0 Å². The number of nitrogens with one attached hydrogen (secondary N) is 1. The maximum absolute atomic E-state index is 12.1. The highest BCUT2D eigenvalue weighted by Crippen LogP contribution is 2.21. The first kappa shape index (κ1) is 15.2. The number of benzene rings is 1. The second kappa shape index (κ2) is 6.98. The molecule has 2 rings (SSSR count). The first-order valence-corrected chi connectivity index (χ1v) is 6.74. The number of hydrogen-bond acceptors (Lipinski definition) is 3. The van der Waals surface area contributed by atoms with Crippen LogP contribution in [0.2, 0.25) is 5.22 Å². The molecule has 2 N–H and O–H groups in total. The Labute approximate surface area is 127 Å². The summed E-state index contributed by atoms with van der Waals surface area (Å²) >= 11 is 5.79. The largest absolute Gasteiger partial charge is 0.452 e. The van der Waals surface area contributed by atoms with Crippen LogP contribution in [0.3, 0.4) is 0 Å². The van der Waals surface area contributed by atoms with Gasteiger partial charge in [-0.3, -0.25) is 4.79 Å². The molecule has 21 heavy (non-hydrogen) atoms. The Morgan fingerprint density at radius 1 is 1.43 bits per heavy atom. The van der Waals surface area contributed by atoms with E-state index >= 15 is 0 Å². The zero-order valence-corrected chi connectivity index (χ0v) is 12.2. The van der Waals surface area contributed by atoms with E-state index < -0.39 is 0 Å². The van der Waals surface area contributed by atoms with Crippen LogP contribution in [0.25, 0.3) is 0 Å². The number of amides is 1. The molecule has 1 aromatic heterocycles. The fourth-order valence-electron chi connectivity index (χ4n) is 1.73. The van der Waals surface area contributed by atoms with Crippen LogP contribution >= 0.6 is 11.6 Å². The van der Waals surface area contributed by atoms with Crippen LogP contribution in [0.15, 0.2) is 34.9 Å². The topological polar surface area (TPSA) is 62.5 Å². The molecule has 1 aromatic carbocycles. The Morgan fingerprint density at radius 2 is 2.24 bits per heavy atom. The maximum Gasteiger partial charge on any atom is 0.260 e. The highest BCUT2D eigenvalue weighted by atomic mass is 35.5. The van der Waals surface area contributed by atoms with Crippen molar-refractivity contribution in [1.82, 2.24) is 0 Å². The molecule has 1 heterocycles. The normalized spacial score (nSPS) is 9.86. The summed E-state index contributed by atoms with van der Waals surface area (Å²) in [4.78, 5) is 12.1. The molecule has 0 atom stereocenters. The Morgan fingerprint density at radius 3 is 2.90 bits per heavy atom. The third kappa shape index (κ3) is 3.88. The van der Waals surface area contributed by atoms with E-state index in [2.05, 4.69) is 17.2 Å². The lowest BCUT2D eigenvalue weighted by Crippen LogP contribution is -2.12. The molecule has 0 radical (unpaired) electrons. The molecule has 4 nitrogen and oxygen atoms in total. The van der Waals surface area contributed by atoms with Gasteiger partial charge in [0.2, 0.25) is 5.22 Å². The Hall–Kier alpha value is -2.22. The predicted octanol–water partition coefficient (Wildman–Crippen LogP) is 3.23. The summed E-state index contributed by atoms with van der Waals surface area (Å²) in [6.45, 7) is 1.95. The number of hydrogen-bond donors (Lipinski definition) is 2. The minimum absolute atomic E-state index is 0.00509. The van der Waals surface area contributed by atoms with E-state index in [1.54, 1.807) is 6.07 Å². The van der Waals surface area contributed by atoms with Gasteiger partial charge in [-0.2, -0.15) is 0 Å². The highest BCUT2D eigenvalue weighted by molar-refractivity contribution is 6.32. The van der Waals surface area contributed by atoms with E-state index in [0.29, 0.717) is 17.7 Å². The fraction of sp³-hybridized carbons (Fsp3) is 0.188. The molecule has 0 saturated carbocycles. The zero-order valence-electron chi connectivity index (χ0n) is 11.4. The molecule has 5 heteroatoms. The second-order valence-corrected chi connectivity index (χ2v) is 4.73. The Balaban J connectivity index is 2.26. The minimum Gasteiger partial charge on any atom is -0.452 e. The molecule has 0 saturated heterocycles. The number of carbonyl (C=O) groups is 1. The van der Waals surface area contributed by atoms with Crippen LogP contribution in [0, 0.1) is 18.8 Å². The number of rotatable bonds is 3. The SMILES string of the molecule is Cc1ccc(NC(=O)c2ccoc2Cl)c(C#CCCO)c1. The van der Waals surface area contributed by atoms with Gasteiger partial charge in [0.15, 0.2) is 0 Å². The summed E-state index contributed by atoms with van der Waals surface area (Å²) in [6, 6.07) is 7.04. The number of carbonyl (C=O) groups excluding carboxylic acids is 1. The molecular formula is C16H14ClNO3. The first-order valence-electron chi connectivity index (χ1n) is 6.36. The smallest absolute Gasteiger partial charge is 0.260 e. The molecule has 0 spiro atoms. The Kier molecular flexibility index (Phi) is 5.04. The number of furan rings is 1. The summed E-state index contributed by atoms with van der Waals surface area (Å²) in [5.41, 5.74) is 2.58. The number of aliphatic hydroxyl groups is 1. The van der Waals surface area contributed by atoms with E-state index in [1.165, 1.54) is 12.3 Å². The molecule has 0 bridgehead atoms. The first-order chi connectivity index (χ1) is 10.1. The average Bonchev–Trinajstić information content (AvgIpc) is 2.88. The van der Waals surface area contributed by atoms with Gasteiger partial charge in [-0.1, -0.05) is 17.9 Å². The van der Waals surface area contributed by atoms with E-state index in [1.807, 2.05) is 19.1 Å². The van der Waals surface area contributed by atoms with Gasteiger partial charge in [0.25, 0.3) is 5.91 Å². The van der Waals surface area contributed by atoms with Crippen LogP contribution in [0.1, 0.15) is 27.9 Å². The van der Waals surface area contributed by atoms with E-state index in [0.717, 1.165) is 5.56 Å². The monoisotopic (exact) mass is 303 g/mol. The van der Waals surface area contributed by atoms with E-state index in [9.17, 15) is 4.79 Å². The minimum atomic E-state index is -0.359. The molecule has 2 aromatic rings. The molecule has 0 aliphatic carbocycles. The van der Waals surface area contributed by atoms with Gasteiger partial charge in [0.1, 0.15) is 0 Å². The predicted molar refractivity (Wildman–Crippen MR) is 81.4 cm³/mol. The number of aryl methyl sites for hydroxylation is 1. The van der Waals surface area contributed by atoms with Gasteiger partial charge in [-0.05, 0) is 42.3 Å². The van der Waals surface area contributed by atoms with Gasteiger partial charge >= 0.3 is 0 Å². The molecule has 0 fully saturated rings. The number of aliphatic hydroxyl groups excluding tert-OH is 1. The van der Waals surface area contributed by atoms with E-state index in [4.69, 9.17) is 21.1 Å². The van der Waals surface area contributed by atoms with Crippen molar-refractivity contribution in [3.8, 4) is 11.8 Å². The van der Waals surface area contributed by atoms with Crippen LogP contribution in [-0.2, 0) is 0 Å². The molecular weight excluding hydrogens is 290 g/mol. The summed E-state index contributed by atoms with van der Waals surface area (Å²) in [5.74, 6) is 5.42. The van der Waals surface area contributed by atoms with Crippen molar-refractivity contribution in [2.75, 3.05) is 11.9 Å². The van der Waals surface area contributed by atoms with Crippen molar-refractivity contribution in [2.24, 2.45) is 0 Å². The van der Waals surface area contributed by atoms with Gasteiger partial charge in [0, 0.05) is 12.0 Å². The lowest BCUT2D eigenvalue weighted by molar-refractivity contribution is 0.102. The lowest BCUT2D eigenvalue weighted by Gasteiger charge is -2.07. The van der Waals surface area contributed by atoms with Gasteiger partial charge in [0.05, 0.1) is 24.1 Å². The molecule has 0 unspecified atom stereocenters. The zero-order chi connectivity index (χ0) is 15.2. The lowest BCUT2D eigenvalue weighted by atomic mass is 10.1. The van der Waals surface area contributed by atoms with Crippen molar-refractivity contribution in [3.63, 3.8) is 0 Å². The van der Waals surface area contributed by atoms with Crippen molar-refractivity contribution in [3.05, 3.63) is 52.4 Å². The quantitative estimate of drug-likeness (QED) is 0.856. The van der Waals surface area contributed by atoms with Crippen molar-refractivity contribution < 1.29 is 14.3 Å². The fourth-order valence-corrected chi connectivity index (χ4v) is 1.93. The van der Waals surface area contributed by atoms with E-state index in [-0.39, 0.29) is 23.3 Å². The van der Waals surface area contributed by atoms with Gasteiger partial charge < -0.3 is 14.8 Å². The van der Waals surface area contributed by atoms with Gasteiger partial charge in [-0.25, -0.2) is 0 Å². The average molecular weight is 304 g/mol. The van der Waals surface area contributed by atoms with Crippen molar-refractivity contribution >= 4 is 23.2 Å². The highest BCUT2D eigenvalue weighted by Gasteiger charge is 2.14. The Bertz CT molecular complexity index is 710. The molecule has 108 valence electrons. The third-order valence-electron chi connectivity index (χ3n) is 2.75. The molecule has 1 amide bonds. The van der Waals surface area contributed by atoms with Crippen molar-refractivity contribution in [1.29, 1.82) is 0 Å². The van der Waals surface area contributed by atoms with Crippen LogP contribution in [-0.4, -0.2) is 17.6 Å². The van der Waals surface area contributed by atoms with Crippen LogP contribution < -0.4 is 5.32 Å². The third-order valence-corrected chi connectivity index (χ3v) is 3.04. The van der Waals surface area contributed by atoms with Crippen LogP contribution in [0.4, 0.5) is 5.69 Å². The standard InChI is InChI=1S/C16H14ClNO3/c1-11-5-6-14(12(10-11)4-2-3-8-19)18-16(20)13-7-9-21-15(13)17/h5-7,9-10,19H,3,8H2,1H3,(H,18,20). The summed E-state index contributed by atoms with van der Waals surface area (Å²) in [7, 11) is 0.